The summed E-state index contributed by atoms with van der Waals surface area (Å²) < 4.78 is 1.64. The van der Waals surface area contributed by atoms with E-state index in [0.29, 0.717) is 5.69 Å². The third-order valence-corrected chi connectivity index (χ3v) is 2.04. The van der Waals surface area contributed by atoms with Crippen LogP contribution in [0.3, 0.4) is 0 Å². The molecule has 84 valence electrons. The van der Waals surface area contributed by atoms with Crippen LogP contribution in [0.4, 0.5) is 5.69 Å². The number of tetrazole rings is 1. The summed E-state index contributed by atoms with van der Waals surface area (Å²) in [4.78, 5) is 11.6. The topological polar surface area (TPSA) is 101 Å². The molecule has 0 aromatic carbocycles. The van der Waals surface area contributed by atoms with Gasteiger partial charge in [-0.25, -0.2) is 0 Å². The zero-order valence-corrected chi connectivity index (χ0v) is 8.93. The summed E-state index contributed by atoms with van der Waals surface area (Å²) in [5.41, 5.74) is 1.49. The molecule has 2 N–H and O–H groups in total. The van der Waals surface area contributed by atoms with Gasteiger partial charge in [-0.05, 0) is 11.6 Å². The first-order valence-corrected chi connectivity index (χ1v) is 4.78. The van der Waals surface area contributed by atoms with Crippen molar-refractivity contribution in [2.24, 2.45) is 7.05 Å². The van der Waals surface area contributed by atoms with Gasteiger partial charge in [0.2, 0.25) is 0 Å². The van der Waals surface area contributed by atoms with Crippen LogP contribution in [0.5, 0.6) is 0 Å². The molecule has 2 heterocycles. The Labute approximate surface area is 91.0 Å². The standard InChI is InChI=1S/C8H11N7O/c1-3-5-6(4-15(2)12-5)9-8(16)7-10-13-14-11-7/h4H,3H2,1-2H3,(H,9,16)(H,10,11,13,14). The van der Waals surface area contributed by atoms with Gasteiger partial charge in [-0.15, -0.1) is 10.2 Å². The van der Waals surface area contributed by atoms with Gasteiger partial charge in [0.1, 0.15) is 0 Å². The molecular weight excluding hydrogens is 210 g/mol. The Morgan fingerprint density at radius 2 is 2.44 bits per heavy atom. The molecule has 16 heavy (non-hydrogen) atoms. The molecule has 8 heteroatoms. The number of H-pyrrole nitrogens is 1. The zero-order chi connectivity index (χ0) is 11.5. The number of nitrogens with one attached hydrogen (secondary N) is 2. The molecule has 2 aromatic heterocycles. The second-order valence-corrected chi connectivity index (χ2v) is 3.21. The molecule has 0 saturated carbocycles. The summed E-state index contributed by atoms with van der Waals surface area (Å²) in [7, 11) is 1.79. The van der Waals surface area contributed by atoms with Gasteiger partial charge in [0.15, 0.2) is 0 Å². The van der Waals surface area contributed by atoms with E-state index < -0.39 is 5.91 Å². The Morgan fingerprint density at radius 1 is 1.62 bits per heavy atom. The van der Waals surface area contributed by atoms with Crippen LogP contribution < -0.4 is 5.32 Å². The maximum absolute atomic E-state index is 11.6. The Hall–Kier alpha value is -2.25. The van der Waals surface area contributed by atoms with Crippen molar-refractivity contribution >= 4 is 11.6 Å². The van der Waals surface area contributed by atoms with Crippen molar-refractivity contribution in [1.82, 2.24) is 30.4 Å². The highest BCUT2D eigenvalue weighted by Crippen LogP contribution is 2.13. The molecule has 0 aliphatic rings. The number of aryl methyl sites for hydroxylation is 2. The normalized spacial score (nSPS) is 10.4. The SMILES string of the molecule is CCc1nn(C)cc1NC(=O)c1nn[nH]n1. The maximum Gasteiger partial charge on any atom is 0.297 e. The summed E-state index contributed by atoms with van der Waals surface area (Å²) in [6.45, 7) is 1.96. The van der Waals surface area contributed by atoms with Gasteiger partial charge >= 0.3 is 0 Å². The average molecular weight is 221 g/mol. The van der Waals surface area contributed by atoms with E-state index in [-0.39, 0.29) is 5.82 Å². The highest BCUT2D eigenvalue weighted by molar-refractivity contribution is 6.01. The van der Waals surface area contributed by atoms with E-state index in [4.69, 9.17) is 0 Å². The van der Waals surface area contributed by atoms with Crippen molar-refractivity contribution in [2.75, 3.05) is 5.32 Å². The molecular formula is C8H11N7O. The number of anilines is 1. The minimum Gasteiger partial charge on any atom is -0.316 e. The van der Waals surface area contributed by atoms with Crippen LogP contribution in [0.15, 0.2) is 6.20 Å². The first kappa shape index (κ1) is 10.3. The highest BCUT2D eigenvalue weighted by Gasteiger charge is 2.14. The molecule has 2 rings (SSSR count). The van der Waals surface area contributed by atoms with Crippen molar-refractivity contribution in [3.05, 3.63) is 17.7 Å². The van der Waals surface area contributed by atoms with E-state index in [9.17, 15) is 4.79 Å². The van der Waals surface area contributed by atoms with Crippen molar-refractivity contribution in [3.8, 4) is 0 Å². The third kappa shape index (κ3) is 1.90. The number of hydrogen-bond acceptors (Lipinski definition) is 5. The third-order valence-electron chi connectivity index (χ3n) is 2.04. The van der Waals surface area contributed by atoms with E-state index in [0.717, 1.165) is 12.1 Å². The molecule has 0 radical (unpaired) electrons. The molecule has 0 aliphatic carbocycles. The lowest BCUT2D eigenvalue weighted by atomic mass is 10.3. The Bertz CT molecular complexity index is 486. The van der Waals surface area contributed by atoms with E-state index in [1.807, 2.05) is 6.92 Å². The summed E-state index contributed by atoms with van der Waals surface area (Å²) in [5, 5.41) is 19.6. The maximum atomic E-state index is 11.6. The molecule has 0 fully saturated rings. The number of carbonyl (C=O) groups excluding carboxylic acids is 1. The number of aromatic nitrogens is 6. The first-order valence-electron chi connectivity index (χ1n) is 4.78. The number of carbonyl (C=O) groups is 1. The van der Waals surface area contributed by atoms with Gasteiger partial charge in [0.25, 0.3) is 11.7 Å². The number of hydrogen-bond donors (Lipinski definition) is 2. The quantitative estimate of drug-likeness (QED) is 0.744. The Kier molecular flexibility index (Phi) is 2.63. The smallest absolute Gasteiger partial charge is 0.297 e. The second kappa shape index (κ2) is 4.09. The fourth-order valence-corrected chi connectivity index (χ4v) is 1.34. The van der Waals surface area contributed by atoms with E-state index >= 15 is 0 Å². The predicted molar refractivity (Wildman–Crippen MR) is 54.7 cm³/mol. The van der Waals surface area contributed by atoms with Crippen LogP contribution in [-0.2, 0) is 13.5 Å². The van der Waals surface area contributed by atoms with E-state index in [2.05, 4.69) is 31.0 Å². The summed E-state index contributed by atoms with van der Waals surface area (Å²) >= 11 is 0. The largest absolute Gasteiger partial charge is 0.316 e. The van der Waals surface area contributed by atoms with Gasteiger partial charge in [0, 0.05) is 13.2 Å². The van der Waals surface area contributed by atoms with Gasteiger partial charge in [-0.3, -0.25) is 9.48 Å². The van der Waals surface area contributed by atoms with Crippen LogP contribution in [0, 0.1) is 0 Å². The molecule has 8 nitrogen and oxygen atoms in total. The van der Waals surface area contributed by atoms with Crippen LogP contribution in [0.25, 0.3) is 0 Å². The van der Waals surface area contributed by atoms with Gasteiger partial charge in [-0.2, -0.15) is 10.3 Å². The molecule has 0 aliphatic heterocycles. The van der Waals surface area contributed by atoms with Crippen molar-refractivity contribution in [2.45, 2.75) is 13.3 Å². The van der Waals surface area contributed by atoms with Crippen LogP contribution in [0.2, 0.25) is 0 Å². The number of aromatic amines is 1. The lowest BCUT2D eigenvalue weighted by Gasteiger charge is -1.99. The van der Waals surface area contributed by atoms with Crippen molar-refractivity contribution in [1.29, 1.82) is 0 Å². The molecule has 0 unspecified atom stereocenters. The average Bonchev–Trinajstić information content (AvgIpc) is 2.87. The molecule has 1 amide bonds. The lowest BCUT2D eigenvalue weighted by molar-refractivity contribution is 0.101. The Balaban J connectivity index is 2.17. The van der Waals surface area contributed by atoms with Crippen molar-refractivity contribution < 1.29 is 4.79 Å². The molecule has 2 aromatic rings. The number of amides is 1. The number of rotatable bonds is 3. The molecule has 0 bridgehead atoms. The summed E-state index contributed by atoms with van der Waals surface area (Å²) in [6, 6.07) is 0. The highest BCUT2D eigenvalue weighted by atomic mass is 16.2. The fourth-order valence-electron chi connectivity index (χ4n) is 1.34. The van der Waals surface area contributed by atoms with Crippen molar-refractivity contribution in [3.63, 3.8) is 0 Å². The minimum absolute atomic E-state index is 0.00547. The zero-order valence-electron chi connectivity index (χ0n) is 8.93. The van der Waals surface area contributed by atoms with Crippen LogP contribution >= 0.6 is 0 Å². The number of nitrogens with zero attached hydrogens (tertiary/aromatic N) is 5. The lowest BCUT2D eigenvalue weighted by Crippen LogP contribution is -2.14. The van der Waals surface area contributed by atoms with Gasteiger partial charge in [-0.1, -0.05) is 6.92 Å². The molecule has 0 spiro atoms. The summed E-state index contributed by atoms with van der Waals surface area (Å²) in [5.74, 6) is -0.401. The van der Waals surface area contributed by atoms with E-state index in [1.54, 1.807) is 17.9 Å². The molecule has 0 saturated heterocycles. The Morgan fingerprint density at radius 3 is 3.06 bits per heavy atom. The first-order chi connectivity index (χ1) is 7.70. The summed E-state index contributed by atoms with van der Waals surface area (Å²) in [6.07, 6.45) is 2.47. The monoisotopic (exact) mass is 221 g/mol. The fraction of sp³-hybridized carbons (Fsp3) is 0.375. The predicted octanol–water partition coefficient (Wildman–Crippen LogP) is -0.252. The minimum atomic E-state index is -0.406. The van der Waals surface area contributed by atoms with Gasteiger partial charge in [0.05, 0.1) is 11.4 Å². The van der Waals surface area contributed by atoms with E-state index in [1.165, 1.54) is 0 Å². The van der Waals surface area contributed by atoms with Gasteiger partial charge < -0.3 is 5.32 Å². The second-order valence-electron chi connectivity index (χ2n) is 3.21. The molecule has 0 atom stereocenters. The van der Waals surface area contributed by atoms with Crippen LogP contribution in [-0.4, -0.2) is 36.3 Å². The van der Waals surface area contributed by atoms with Crippen LogP contribution in [0.1, 0.15) is 23.2 Å².